The monoisotopic (exact) mass is 275 g/mol. The highest BCUT2D eigenvalue weighted by atomic mass is 32.2. The van der Waals surface area contributed by atoms with Crippen molar-refractivity contribution in [3.63, 3.8) is 0 Å². The van der Waals surface area contributed by atoms with Crippen LogP contribution in [-0.2, 0) is 0 Å². The van der Waals surface area contributed by atoms with E-state index in [0.717, 1.165) is 22.9 Å². The molecule has 1 fully saturated rings. The summed E-state index contributed by atoms with van der Waals surface area (Å²) < 4.78 is 1.84. The number of nitrogen functional groups attached to an aromatic ring is 1. The zero-order valence-electron chi connectivity index (χ0n) is 10.4. The van der Waals surface area contributed by atoms with Crippen molar-refractivity contribution < 1.29 is 4.79 Å². The Balaban J connectivity index is 1.88. The van der Waals surface area contributed by atoms with Gasteiger partial charge < -0.3 is 5.73 Å². The Morgan fingerprint density at radius 2 is 2.26 bits per heavy atom. The normalized spacial score (nSPS) is 14.6. The van der Waals surface area contributed by atoms with E-state index in [1.807, 2.05) is 10.7 Å². The smallest absolute Gasteiger partial charge is 0.214 e. The Bertz CT molecular complexity index is 635. The van der Waals surface area contributed by atoms with Crippen LogP contribution in [0.2, 0.25) is 0 Å². The first kappa shape index (κ1) is 12.2. The predicted molar refractivity (Wildman–Crippen MR) is 71.1 cm³/mol. The minimum atomic E-state index is -0.0401. The van der Waals surface area contributed by atoms with Crippen LogP contribution in [0, 0.1) is 0 Å². The highest BCUT2D eigenvalue weighted by Gasteiger charge is 2.28. The van der Waals surface area contributed by atoms with E-state index in [4.69, 9.17) is 5.73 Å². The van der Waals surface area contributed by atoms with Gasteiger partial charge in [0.15, 0.2) is 5.78 Å². The largest absolute Gasteiger partial charge is 0.398 e. The summed E-state index contributed by atoms with van der Waals surface area (Å²) in [6.07, 6.45) is 2.25. The van der Waals surface area contributed by atoms with Gasteiger partial charge in [-0.05, 0) is 60.2 Å². The predicted octanol–water partition coefficient (Wildman–Crippen LogP) is 1.94. The van der Waals surface area contributed by atoms with Gasteiger partial charge in [-0.2, -0.15) is 0 Å². The lowest BCUT2D eigenvalue weighted by Crippen LogP contribution is -2.00. The van der Waals surface area contributed by atoms with E-state index in [2.05, 4.69) is 15.5 Å². The van der Waals surface area contributed by atoms with Gasteiger partial charge in [-0.15, -0.1) is 5.10 Å². The Kier molecular flexibility index (Phi) is 2.98. The van der Waals surface area contributed by atoms with Crippen molar-refractivity contribution in [1.29, 1.82) is 0 Å². The van der Waals surface area contributed by atoms with Crippen LogP contribution in [-0.4, -0.2) is 26.0 Å². The lowest BCUT2D eigenvalue weighted by atomic mass is 10.1. The molecule has 2 N–H and O–H groups in total. The third-order valence-electron chi connectivity index (χ3n) is 2.97. The standard InChI is InChI=1S/C12H13N5OS/c1-7(18)10-6-9(4-5-11(10)13)19-12-14-15-16-17(12)8-2-3-8/h4-6,8H,2-3,13H2,1H3. The van der Waals surface area contributed by atoms with Gasteiger partial charge in [0.2, 0.25) is 5.16 Å². The second kappa shape index (κ2) is 4.65. The summed E-state index contributed by atoms with van der Waals surface area (Å²) in [6, 6.07) is 5.83. The van der Waals surface area contributed by atoms with Crippen molar-refractivity contribution in [2.24, 2.45) is 0 Å². The number of carbonyl (C=O) groups is 1. The zero-order valence-corrected chi connectivity index (χ0v) is 11.2. The molecule has 6 nitrogen and oxygen atoms in total. The second-order valence-corrected chi connectivity index (χ2v) is 5.59. The number of Topliss-reactive ketones (excluding diaryl/α,β-unsaturated/α-hetero) is 1. The number of carbonyl (C=O) groups excluding carboxylic acids is 1. The third-order valence-corrected chi connectivity index (χ3v) is 3.91. The molecule has 0 spiro atoms. The fourth-order valence-corrected chi connectivity index (χ4v) is 2.69. The molecule has 0 atom stereocenters. The molecule has 0 saturated heterocycles. The summed E-state index contributed by atoms with van der Waals surface area (Å²) in [7, 11) is 0. The van der Waals surface area contributed by atoms with Gasteiger partial charge in [0.05, 0.1) is 6.04 Å². The first-order valence-electron chi connectivity index (χ1n) is 6.01. The van der Waals surface area contributed by atoms with Crippen LogP contribution < -0.4 is 5.73 Å². The maximum atomic E-state index is 11.5. The van der Waals surface area contributed by atoms with E-state index < -0.39 is 0 Å². The number of benzene rings is 1. The van der Waals surface area contributed by atoms with Gasteiger partial charge in [0, 0.05) is 16.1 Å². The van der Waals surface area contributed by atoms with Crippen molar-refractivity contribution in [3.8, 4) is 0 Å². The summed E-state index contributed by atoms with van der Waals surface area (Å²) >= 11 is 1.45. The topological polar surface area (TPSA) is 86.7 Å². The quantitative estimate of drug-likeness (QED) is 0.678. The highest BCUT2D eigenvalue weighted by molar-refractivity contribution is 7.99. The minimum absolute atomic E-state index is 0.0401. The summed E-state index contributed by atoms with van der Waals surface area (Å²) in [5.41, 5.74) is 6.81. The molecule has 1 aromatic carbocycles. The van der Waals surface area contributed by atoms with Crippen LogP contribution in [0.25, 0.3) is 0 Å². The molecule has 3 rings (SSSR count). The molecule has 1 heterocycles. The number of ketones is 1. The van der Waals surface area contributed by atoms with Gasteiger partial charge in [-0.1, -0.05) is 0 Å². The molecule has 0 amide bonds. The lowest BCUT2D eigenvalue weighted by Gasteiger charge is -2.06. The first-order chi connectivity index (χ1) is 9.15. The number of aromatic nitrogens is 4. The number of tetrazole rings is 1. The van der Waals surface area contributed by atoms with Crippen LogP contribution in [0.15, 0.2) is 28.3 Å². The van der Waals surface area contributed by atoms with Crippen LogP contribution in [0.1, 0.15) is 36.2 Å². The molecule has 2 aromatic rings. The molecular weight excluding hydrogens is 262 g/mol. The maximum absolute atomic E-state index is 11.5. The summed E-state index contributed by atoms with van der Waals surface area (Å²) in [4.78, 5) is 12.4. The van der Waals surface area contributed by atoms with Crippen molar-refractivity contribution in [3.05, 3.63) is 23.8 Å². The lowest BCUT2D eigenvalue weighted by molar-refractivity contribution is 0.101. The van der Waals surface area contributed by atoms with Crippen molar-refractivity contribution in [2.45, 2.75) is 35.9 Å². The minimum Gasteiger partial charge on any atom is -0.398 e. The number of rotatable bonds is 4. The van der Waals surface area contributed by atoms with Crippen LogP contribution >= 0.6 is 11.8 Å². The average Bonchev–Trinajstić information content (AvgIpc) is 3.12. The van der Waals surface area contributed by atoms with Crippen molar-refractivity contribution >= 4 is 23.2 Å². The Morgan fingerprint density at radius 3 is 2.95 bits per heavy atom. The average molecular weight is 275 g/mol. The number of hydrogen-bond donors (Lipinski definition) is 1. The number of hydrogen-bond acceptors (Lipinski definition) is 6. The molecule has 1 aromatic heterocycles. The second-order valence-electron chi connectivity index (χ2n) is 4.54. The number of nitrogens with two attached hydrogens (primary N) is 1. The van der Waals surface area contributed by atoms with E-state index in [1.54, 1.807) is 12.1 Å². The number of nitrogens with zero attached hydrogens (tertiary/aromatic N) is 4. The van der Waals surface area contributed by atoms with E-state index >= 15 is 0 Å². The fourth-order valence-electron chi connectivity index (χ4n) is 1.81. The Morgan fingerprint density at radius 1 is 1.47 bits per heavy atom. The molecular formula is C12H13N5OS. The molecule has 98 valence electrons. The van der Waals surface area contributed by atoms with Gasteiger partial charge in [-0.25, -0.2) is 4.68 Å². The molecule has 0 unspecified atom stereocenters. The van der Waals surface area contributed by atoms with Crippen LogP contribution in [0.4, 0.5) is 5.69 Å². The van der Waals surface area contributed by atoms with E-state index in [9.17, 15) is 4.79 Å². The van der Waals surface area contributed by atoms with Crippen LogP contribution in [0.5, 0.6) is 0 Å². The molecule has 1 aliphatic rings. The molecule has 0 bridgehead atoms. The molecule has 1 saturated carbocycles. The molecule has 0 aliphatic heterocycles. The van der Waals surface area contributed by atoms with Gasteiger partial charge in [-0.3, -0.25) is 4.79 Å². The first-order valence-corrected chi connectivity index (χ1v) is 6.83. The molecule has 0 radical (unpaired) electrons. The van der Waals surface area contributed by atoms with E-state index in [1.165, 1.54) is 18.7 Å². The summed E-state index contributed by atoms with van der Waals surface area (Å²) in [5.74, 6) is -0.0401. The fraction of sp³-hybridized carbons (Fsp3) is 0.333. The third kappa shape index (κ3) is 2.46. The summed E-state index contributed by atoms with van der Waals surface area (Å²) in [5, 5.41) is 12.5. The van der Waals surface area contributed by atoms with Gasteiger partial charge in [0.25, 0.3) is 0 Å². The molecule has 7 heteroatoms. The van der Waals surface area contributed by atoms with E-state index in [-0.39, 0.29) is 5.78 Å². The van der Waals surface area contributed by atoms with Gasteiger partial charge in [0.1, 0.15) is 0 Å². The molecule has 19 heavy (non-hydrogen) atoms. The zero-order chi connectivity index (χ0) is 13.4. The van der Waals surface area contributed by atoms with Gasteiger partial charge >= 0.3 is 0 Å². The SMILES string of the molecule is CC(=O)c1cc(Sc2nnnn2C2CC2)ccc1N. The molecule has 1 aliphatic carbocycles. The van der Waals surface area contributed by atoms with E-state index in [0.29, 0.717) is 17.3 Å². The highest BCUT2D eigenvalue weighted by Crippen LogP contribution is 2.38. The van der Waals surface area contributed by atoms with Crippen LogP contribution in [0.3, 0.4) is 0 Å². The van der Waals surface area contributed by atoms with Crippen molar-refractivity contribution in [1.82, 2.24) is 20.2 Å². The van der Waals surface area contributed by atoms with Crippen molar-refractivity contribution in [2.75, 3.05) is 5.73 Å². The number of anilines is 1. The Hall–Kier alpha value is -1.89. The summed E-state index contributed by atoms with van der Waals surface area (Å²) in [6.45, 7) is 1.51. The maximum Gasteiger partial charge on any atom is 0.214 e. The Labute approximate surface area is 114 Å².